The summed E-state index contributed by atoms with van der Waals surface area (Å²) in [6.45, 7) is 0.560. The molecule has 1 fully saturated rings. The van der Waals surface area contributed by atoms with Crippen LogP contribution in [0.1, 0.15) is 41.6 Å². The molecular formula is C20H23N3O2. The highest BCUT2D eigenvalue weighted by Crippen LogP contribution is 2.40. The van der Waals surface area contributed by atoms with Gasteiger partial charge in [0, 0.05) is 17.5 Å². The van der Waals surface area contributed by atoms with Crippen molar-refractivity contribution in [3.63, 3.8) is 0 Å². The summed E-state index contributed by atoms with van der Waals surface area (Å²) in [5.41, 5.74) is 6.60. The van der Waals surface area contributed by atoms with Gasteiger partial charge >= 0.3 is 6.03 Å². The van der Waals surface area contributed by atoms with Crippen LogP contribution in [0.25, 0.3) is 0 Å². The number of amides is 3. The first kappa shape index (κ1) is 17.0. The van der Waals surface area contributed by atoms with Crippen LogP contribution in [-0.4, -0.2) is 18.5 Å². The maximum Gasteiger partial charge on any atom is 0.333 e. The number of rotatable bonds is 4. The molecule has 2 aromatic rings. The first-order valence-corrected chi connectivity index (χ1v) is 8.64. The van der Waals surface area contributed by atoms with Crippen LogP contribution < -0.4 is 16.2 Å². The molecule has 1 aliphatic rings. The third-order valence-electron chi connectivity index (χ3n) is 4.86. The Morgan fingerprint density at radius 2 is 1.44 bits per heavy atom. The molecule has 0 bridgehead atoms. The minimum atomic E-state index is -0.397. The van der Waals surface area contributed by atoms with Crippen molar-refractivity contribution in [3.8, 4) is 0 Å². The molecule has 3 amide bonds. The lowest BCUT2D eigenvalue weighted by atomic mass is 9.79. The lowest BCUT2D eigenvalue weighted by Crippen LogP contribution is -2.50. The van der Waals surface area contributed by atoms with Gasteiger partial charge in [0.2, 0.25) is 0 Å². The van der Waals surface area contributed by atoms with Gasteiger partial charge in [0.1, 0.15) is 0 Å². The summed E-state index contributed by atoms with van der Waals surface area (Å²) in [6.07, 6.45) is 4.47. The summed E-state index contributed by atoms with van der Waals surface area (Å²) in [4.78, 5) is 24.0. The minimum Gasteiger partial charge on any atom is -0.336 e. The molecule has 5 heteroatoms. The van der Waals surface area contributed by atoms with Crippen molar-refractivity contribution in [3.05, 3.63) is 71.8 Å². The van der Waals surface area contributed by atoms with Crippen molar-refractivity contribution < 1.29 is 9.59 Å². The quantitative estimate of drug-likeness (QED) is 0.750. The highest BCUT2D eigenvalue weighted by molar-refractivity contribution is 5.95. The smallest absolute Gasteiger partial charge is 0.333 e. The van der Waals surface area contributed by atoms with E-state index in [0.717, 1.165) is 12.8 Å². The molecule has 1 saturated carbocycles. The van der Waals surface area contributed by atoms with E-state index in [4.69, 9.17) is 0 Å². The van der Waals surface area contributed by atoms with Gasteiger partial charge in [0.15, 0.2) is 0 Å². The van der Waals surface area contributed by atoms with Crippen LogP contribution in [0.3, 0.4) is 0 Å². The van der Waals surface area contributed by atoms with Crippen LogP contribution >= 0.6 is 0 Å². The molecule has 3 N–H and O–H groups in total. The zero-order valence-corrected chi connectivity index (χ0v) is 14.1. The number of urea groups is 1. The van der Waals surface area contributed by atoms with Gasteiger partial charge in [0.05, 0.1) is 0 Å². The molecule has 130 valence electrons. The van der Waals surface area contributed by atoms with Gasteiger partial charge in [-0.15, -0.1) is 0 Å². The molecule has 0 atom stereocenters. The molecule has 25 heavy (non-hydrogen) atoms. The maximum atomic E-state index is 12.1. The fourth-order valence-electron chi connectivity index (χ4n) is 3.48. The number of nitrogens with one attached hydrogen (secondary N) is 3. The molecule has 0 spiro atoms. The number of hydrazine groups is 1. The summed E-state index contributed by atoms with van der Waals surface area (Å²) in [6, 6.07) is 18.7. The zero-order valence-electron chi connectivity index (χ0n) is 14.1. The standard InChI is InChI=1S/C20H23N3O2/c24-18(16-9-3-1-4-10-16)22-23-19(25)21-15-20(13-7-8-14-20)17-11-5-2-6-12-17/h1-6,9-12H,7-8,13-15H2,(H,22,24)(H2,21,23,25). The fourth-order valence-corrected chi connectivity index (χ4v) is 3.48. The van der Waals surface area contributed by atoms with Crippen LogP contribution in [0.2, 0.25) is 0 Å². The van der Waals surface area contributed by atoms with Gasteiger partial charge in [-0.1, -0.05) is 61.4 Å². The number of hydrogen-bond acceptors (Lipinski definition) is 2. The van der Waals surface area contributed by atoms with Gasteiger partial charge < -0.3 is 5.32 Å². The predicted octanol–water partition coefficient (Wildman–Crippen LogP) is 3.14. The molecule has 5 nitrogen and oxygen atoms in total. The van der Waals surface area contributed by atoms with Crippen molar-refractivity contribution in [1.29, 1.82) is 0 Å². The maximum absolute atomic E-state index is 12.1. The van der Waals surface area contributed by atoms with Crippen LogP contribution in [0.15, 0.2) is 60.7 Å². The Balaban J connectivity index is 1.53. The van der Waals surface area contributed by atoms with E-state index in [9.17, 15) is 9.59 Å². The Hall–Kier alpha value is -2.82. The first-order chi connectivity index (χ1) is 12.2. The van der Waals surface area contributed by atoms with E-state index in [1.807, 2.05) is 24.3 Å². The second-order valence-electron chi connectivity index (χ2n) is 6.48. The number of carbonyl (C=O) groups excluding carboxylic acids is 2. The van der Waals surface area contributed by atoms with Gasteiger partial charge in [-0.05, 0) is 30.5 Å². The van der Waals surface area contributed by atoms with Crippen LogP contribution in [0.4, 0.5) is 4.79 Å². The van der Waals surface area contributed by atoms with Crippen LogP contribution in [0.5, 0.6) is 0 Å². The molecule has 0 heterocycles. The number of benzene rings is 2. The average molecular weight is 337 g/mol. The molecule has 1 aliphatic carbocycles. The summed E-state index contributed by atoms with van der Waals surface area (Å²) in [5.74, 6) is -0.339. The van der Waals surface area contributed by atoms with Crippen molar-refractivity contribution in [1.82, 2.24) is 16.2 Å². The number of carbonyl (C=O) groups is 2. The zero-order chi connectivity index (χ0) is 17.5. The van der Waals surface area contributed by atoms with Crippen LogP contribution in [0, 0.1) is 0 Å². The van der Waals surface area contributed by atoms with E-state index in [0.29, 0.717) is 12.1 Å². The molecule has 0 saturated heterocycles. The summed E-state index contributed by atoms with van der Waals surface area (Å²) in [7, 11) is 0. The Labute approximate surface area is 147 Å². The second-order valence-corrected chi connectivity index (χ2v) is 6.48. The first-order valence-electron chi connectivity index (χ1n) is 8.64. The minimum absolute atomic E-state index is 0.0119. The van der Waals surface area contributed by atoms with Crippen molar-refractivity contribution in [2.24, 2.45) is 0 Å². The van der Waals surface area contributed by atoms with Gasteiger partial charge in [-0.3, -0.25) is 10.2 Å². The van der Waals surface area contributed by atoms with Gasteiger partial charge in [-0.2, -0.15) is 0 Å². The Morgan fingerprint density at radius 3 is 2.08 bits per heavy atom. The molecule has 3 rings (SSSR count). The van der Waals surface area contributed by atoms with Gasteiger partial charge in [-0.25, -0.2) is 10.2 Å². The highest BCUT2D eigenvalue weighted by Gasteiger charge is 2.35. The van der Waals surface area contributed by atoms with Crippen molar-refractivity contribution in [2.45, 2.75) is 31.1 Å². The molecule has 0 radical (unpaired) electrons. The normalized spacial score (nSPS) is 15.4. The Bertz CT molecular complexity index is 710. The SMILES string of the molecule is O=C(NCC1(c2ccccc2)CCCC1)NNC(=O)c1ccccc1. The van der Waals surface area contributed by atoms with E-state index >= 15 is 0 Å². The number of hydrogen-bond donors (Lipinski definition) is 3. The van der Waals surface area contributed by atoms with E-state index in [1.54, 1.807) is 24.3 Å². The fraction of sp³-hybridized carbons (Fsp3) is 0.300. The van der Waals surface area contributed by atoms with E-state index < -0.39 is 6.03 Å². The lowest BCUT2D eigenvalue weighted by molar-refractivity contribution is 0.0936. The molecule has 2 aromatic carbocycles. The van der Waals surface area contributed by atoms with E-state index in [2.05, 4.69) is 28.3 Å². The Kier molecular flexibility index (Phi) is 5.33. The van der Waals surface area contributed by atoms with Crippen LogP contribution in [-0.2, 0) is 5.41 Å². The highest BCUT2D eigenvalue weighted by atomic mass is 16.2. The van der Waals surface area contributed by atoms with Crippen molar-refractivity contribution in [2.75, 3.05) is 6.54 Å². The molecule has 0 aromatic heterocycles. The Morgan fingerprint density at radius 1 is 0.840 bits per heavy atom. The van der Waals surface area contributed by atoms with Crippen molar-refractivity contribution >= 4 is 11.9 Å². The monoisotopic (exact) mass is 337 g/mol. The van der Waals surface area contributed by atoms with E-state index in [1.165, 1.54) is 18.4 Å². The molecule has 0 aliphatic heterocycles. The summed E-state index contributed by atoms with van der Waals surface area (Å²) in [5, 5.41) is 2.91. The summed E-state index contributed by atoms with van der Waals surface area (Å²) >= 11 is 0. The predicted molar refractivity (Wildman–Crippen MR) is 97.0 cm³/mol. The summed E-state index contributed by atoms with van der Waals surface area (Å²) < 4.78 is 0. The molecular weight excluding hydrogens is 314 g/mol. The lowest BCUT2D eigenvalue weighted by Gasteiger charge is -2.30. The van der Waals surface area contributed by atoms with E-state index in [-0.39, 0.29) is 11.3 Å². The topological polar surface area (TPSA) is 70.2 Å². The third-order valence-corrected chi connectivity index (χ3v) is 4.86. The van der Waals surface area contributed by atoms with Gasteiger partial charge in [0.25, 0.3) is 5.91 Å². The average Bonchev–Trinajstić information content (AvgIpc) is 3.16. The third kappa shape index (κ3) is 4.18. The largest absolute Gasteiger partial charge is 0.336 e. The second kappa shape index (κ2) is 7.83. The molecule has 0 unspecified atom stereocenters.